The maximum absolute atomic E-state index is 14.2. The van der Waals surface area contributed by atoms with Gasteiger partial charge in [0.05, 0.1) is 39.0 Å². The van der Waals surface area contributed by atoms with Crippen LogP contribution in [0.3, 0.4) is 0 Å². The standard InChI is InChI=1S/C47H69N5O7/c1-29-39-24-35(47(39,3)4)25-40(29)49-46(56)43-42(30(2)54)41(28-53)59-52(43)26-32-16-13-17-38(44(32)58-9)33-21-34(23-37(22-33)51(7)18-19-57-8)45(55)48-36(27-50(5)6)20-31-14-11-10-12-15-31/h10-17,21-23,29-30,35-36,39-43,46,49,53-54,56H,18-20,24-28H2,1-9H3,(H,48,55)/t29-,30-,35-,36-,39+,40-,41-,42+,43-,46?/m0/s1. The van der Waals surface area contributed by atoms with Gasteiger partial charge in [0.1, 0.15) is 18.1 Å². The fourth-order valence-electron chi connectivity index (χ4n) is 10.3. The molecule has 12 heteroatoms. The summed E-state index contributed by atoms with van der Waals surface area (Å²) in [6.07, 6.45) is 0.320. The number of nitrogens with zero attached hydrogens (tertiary/aromatic N) is 3. The van der Waals surface area contributed by atoms with E-state index in [1.54, 1.807) is 26.2 Å². The minimum Gasteiger partial charge on any atom is -0.496 e. The average Bonchev–Trinajstić information content (AvgIpc) is 3.58. The molecule has 3 aromatic rings. The fraction of sp³-hybridized carbons (Fsp3) is 0.596. The number of likely N-dealkylation sites (N-methyl/N-ethyl adjacent to an activating group) is 2. The zero-order valence-electron chi connectivity index (χ0n) is 36.6. The Morgan fingerprint density at radius 2 is 1.78 bits per heavy atom. The summed E-state index contributed by atoms with van der Waals surface area (Å²) in [6, 6.07) is 21.3. The molecule has 2 bridgehead atoms. The molecule has 3 aromatic carbocycles. The number of carbonyl (C=O) groups excluding carboxylic acids is 1. The number of methoxy groups -OCH3 is 2. The minimum absolute atomic E-state index is 0.124. The Labute approximate surface area is 351 Å². The first-order chi connectivity index (χ1) is 28.2. The summed E-state index contributed by atoms with van der Waals surface area (Å²) in [5.41, 5.74) is 5.20. The highest BCUT2D eigenvalue weighted by atomic mass is 16.7. The normalized spacial score (nSPS) is 26.6. The number of hydrogen-bond acceptors (Lipinski definition) is 11. The van der Waals surface area contributed by atoms with Gasteiger partial charge in [-0.25, -0.2) is 0 Å². The summed E-state index contributed by atoms with van der Waals surface area (Å²) in [4.78, 5) is 24.8. The lowest BCUT2D eigenvalue weighted by atomic mass is 9.44. The first-order valence-corrected chi connectivity index (χ1v) is 21.3. The SMILES string of the molecule is COCCN(C)c1cc(C(=O)N[C@@H](Cc2ccccc2)CN(C)C)cc(-c2cccc(CN3O[C@@H](CO)[C@@H]([C@H](C)O)[C@H]3C(O)N[C@H]3C[C@@H]4C[C@H]([C@@H]3C)C4(C)C)c2OC)c1. The van der Waals surface area contributed by atoms with Gasteiger partial charge in [-0.2, -0.15) is 5.06 Å². The van der Waals surface area contributed by atoms with E-state index in [-0.39, 0.29) is 31.1 Å². The van der Waals surface area contributed by atoms with E-state index in [1.165, 1.54) is 6.42 Å². The third kappa shape index (κ3) is 9.97. The van der Waals surface area contributed by atoms with Crippen LogP contribution in [0.1, 0.15) is 62.0 Å². The number of ether oxygens (including phenoxy) is 2. The van der Waals surface area contributed by atoms with Crippen LogP contribution in [0.4, 0.5) is 5.69 Å². The van der Waals surface area contributed by atoms with Crippen LogP contribution in [0.25, 0.3) is 11.1 Å². The molecule has 59 heavy (non-hydrogen) atoms. The Kier molecular flexibility index (Phi) is 14.8. The van der Waals surface area contributed by atoms with Crippen LogP contribution < -0.4 is 20.3 Å². The van der Waals surface area contributed by atoms with Crippen LogP contribution in [-0.2, 0) is 22.5 Å². The zero-order chi connectivity index (χ0) is 42.6. The van der Waals surface area contributed by atoms with Gasteiger partial charge in [-0.05, 0) is 92.8 Å². The van der Waals surface area contributed by atoms with Crippen molar-refractivity contribution in [1.82, 2.24) is 20.6 Å². The molecule has 7 rings (SSSR count). The van der Waals surface area contributed by atoms with Crippen molar-refractivity contribution in [2.75, 3.05) is 66.6 Å². The summed E-state index contributed by atoms with van der Waals surface area (Å²) >= 11 is 0. The second kappa shape index (κ2) is 19.4. The molecular formula is C47H69N5O7. The molecule has 10 atom stereocenters. The Balaban J connectivity index is 1.31. The molecule has 3 aliphatic carbocycles. The molecule has 324 valence electrons. The van der Waals surface area contributed by atoms with E-state index in [0.717, 1.165) is 34.4 Å². The van der Waals surface area contributed by atoms with E-state index < -0.39 is 30.4 Å². The Morgan fingerprint density at radius 3 is 2.41 bits per heavy atom. The van der Waals surface area contributed by atoms with Gasteiger partial charge < -0.3 is 39.9 Å². The lowest BCUT2D eigenvalue weighted by Gasteiger charge is -2.62. The molecular weight excluding hydrogens is 747 g/mol. The van der Waals surface area contributed by atoms with Gasteiger partial charge in [0.2, 0.25) is 0 Å². The second-order valence-electron chi connectivity index (χ2n) is 18.2. The number of nitrogens with one attached hydrogen (secondary N) is 2. The summed E-state index contributed by atoms with van der Waals surface area (Å²) in [7, 11) is 9.30. The van der Waals surface area contributed by atoms with E-state index in [9.17, 15) is 20.1 Å². The van der Waals surface area contributed by atoms with Gasteiger partial charge in [0.25, 0.3) is 5.91 Å². The van der Waals surface area contributed by atoms with Crippen molar-refractivity contribution in [2.45, 2.75) is 90.1 Å². The van der Waals surface area contributed by atoms with Crippen molar-refractivity contribution < 1.29 is 34.4 Å². The number of aliphatic hydroxyl groups excluding tert-OH is 3. The molecule has 1 saturated heterocycles. The van der Waals surface area contributed by atoms with Crippen LogP contribution in [-0.4, -0.2) is 129 Å². The van der Waals surface area contributed by atoms with E-state index >= 15 is 0 Å². The highest BCUT2D eigenvalue weighted by Gasteiger charge is 2.57. The zero-order valence-corrected chi connectivity index (χ0v) is 36.6. The third-order valence-electron chi connectivity index (χ3n) is 13.7. The lowest BCUT2D eigenvalue weighted by Crippen LogP contribution is -2.63. The number of rotatable bonds is 19. The molecule has 0 radical (unpaired) electrons. The molecule has 1 unspecified atom stereocenters. The number of para-hydroxylation sites is 1. The molecule has 0 spiro atoms. The molecule has 1 heterocycles. The largest absolute Gasteiger partial charge is 0.496 e. The van der Waals surface area contributed by atoms with Gasteiger partial charge in [-0.15, -0.1) is 0 Å². The monoisotopic (exact) mass is 816 g/mol. The number of hydrogen-bond donors (Lipinski definition) is 5. The highest BCUT2D eigenvalue weighted by molar-refractivity contribution is 5.97. The smallest absolute Gasteiger partial charge is 0.251 e. The van der Waals surface area contributed by atoms with Crippen molar-refractivity contribution in [3.8, 4) is 16.9 Å². The summed E-state index contributed by atoms with van der Waals surface area (Å²) in [6.45, 7) is 10.4. The summed E-state index contributed by atoms with van der Waals surface area (Å²) in [5, 5.41) is 42.1. The van der Waals surface area contributed by atoms with Crippen LogP contribution in [0.15, 0.2) is 66.7 Å². The van der Waals surface area contributed by atoms with Crippen molar-refractivity contribution in [3.63, 3.8) is 0 Å². The van der Waals surface area contributed by atoms with E-state index in [1.807, 2.05) is 69.7 Å². The van der Waals surface area contributed by atoms with Crippen LogP contribution >= 0.6 is 0 Å². The first-order valence-electron chi connectivity index (χ1n) is 21.3. The maximum atomic E-state index is 14.2. The van der Waals surface area contributed by atoms with Crippen molar-refractivity contribution in [1.29, 1.82) is 0 Å². The van der Waals surface area contributed by atoms with Gasteiger partial charge in [0.15, 0.2) is 0 Å². The highest BCUT2D eigenvalue weighted by Crippen LogP contribution is 2.61. The summed E-state index contributed by atoms with van der Waals surface area (Å²) in [5.74, 6) is 1.44. The first kappa shape index (κ1) is 44.9. The van der Waals surface area contributed by atoms with Crippen molar-refractivity contribution >= 4 is 11.6 Å². The predicted molar refractivity (Wildman–Crippen MR) is 232 cm³/mol. The van der Waals surface area contributed by atoms with E-state index in [4.69, 9.17) is 14.3 Å². The molecule has 1 aliphatic heterocycles. The Hall–Kier alpha value is -3.59. The molecule has 4 aliphatic rings. The van der Waals surface area contributed by atoms with Gasteiger partial charge >= 0.3 is 0 Å². The quantitative estimate of drug-likeness (QED) is 0.107. The van der Waals surface area contributed by atoms with Crippen LogP contribution in [0, 0.1) is 29.1 Å². The molecule has 0 aromatic heterocycles. The fourth-order valence-corrected chi connectivity index (χ4v) is 10.3. The maximum Gasteiger partial charge on any atom is 0.251 e. The topological polar surface area (TPSA) is 139 Å². The van der Waals surface area contributed by atoms with Crippen molar-refractivity contribution in [3.05, 3.63) is 83.4 Å². The Morgan fingerprint density at radius 1 is 1.03 bits per heavy atom. The van der Waals surface area contributed by atoms with Crippen molar-refractivity contribution in [2.24, 2.45) is 29.1 Å². The molecule has 12 nitrogen and oxygen atoms in total. The van der Waals surface area contributed by atoms with Crippen LogP contribution in [0.5, 0.6) is 5.75 Å². The van der Waals surface area contributed by atoms with E-state index in [0.29, 0.717) is 60.6 Å². The third-order valence-corrected chi connectivity index (χ3v) is 13.7. The predicted octanol–water partition coefficient (Wildman–Crippen LogP) is 4.80. The number of benzene rings is 3. The molecule has 1 amide bonds. The number of amides is 1. The van der Waals surface area contributed by atoms with Gasteiger partial charge in [0, 0.05) is 67.6 Å². The summed E-state index contributed by atoms with van der Waals surface area (Å²) < 4.78 is 11.6. The van der Waals surface area contributed by atoms with Gasteiger partial charge in [-0.1, -0.05) is 69.3 Å². The van der Waals surface area contributed by atoms with Gasteiger partial charge in [-0.3, -0.25) is 14.9 Å². The molecule has 4 fully saturated rings. The lowest BCUT2D eigenvalue weighted by molar-refractivity contribution is -0.195. The average molecular weight is 816 g/mol. The number of hydroxylamine groups is 2. The molecule has 3 saturated carbocycles. The molecule has 5 N–H and O–H groups in total. The minimum atomic E-state index is -1.02. The van der Waals surface area contributed by atoms with E-state index in [2.05, 4.69) is 59.4 Å². The number of anilines is 1. The number of carbonyl (C=O) groups is 1. The number of fused-ring (bicyclic) bond motifs is 2. The van der Waals surface area contributed by atoms with Crippen LogP contribution in [0.2, 0.25) is 0 Å². The Bertz CT molecular complexity index is 1840. The number of aliphatic hydroxyl groups is 3. The second-order valence-corrected chi connectivity index (χ2v) is 18.2.